The van der Waals surface area contributed by atoms with Gasteiger partial charge in [0.05, 0.1) is 52.4 Å². The summed E-state index contributed by atoms with van der Waals surface area (Å²) < 4.78 is 52.8. The molecule has 0 radical (unpaired) electrons. The van der Waals surface area contributed by atoms with E-state index >= 15 is 0 Å². The van der Waals surface area contributed by atoms with Gasteiger partial charge in [-0.05, 0) is 110 Å². The van der Waals surface area contributed by atoms with Crippen LogP contribution < -0.4 is 25.5 Å². The number of carboxylic acid groups (broad SMARTS) is 1. The first kappa shape index (κ1) is 53.6. The van der Waals surface area contributed by atoms with Crippen LogP contribution in [0.15, 0.2) is 58.1 Å². The highest BCUT2D eigenvalue weighted by molar-refractivity contribution is 7.92. The minimum Gasteiger partial charge on any atom is -0.478 e. The third kappa shape index (κ3) is 12.3. The molecule has 0 bridgehead atoms. The molecule has 4 atom stereocenters. The number of aromatic amines is 2. The van der Waals surface area contributed by atoms with Crippen LogP contribution in [0.4, 0.5) is 11.4 Å². The van der Waals surface area contributed by atoms with E-state index in [1.807, 2.05) is 32.9 Å². The van der Waals surface area contributed by atoms with Gasteiger partial charge in [-0.15, -0.1) is 0 Å². The molecule has 0 spiro atoms. The standard InChI is InChI=1S/C23H29N5O4S.C14H20N4O.C10H13NO4S.CH4/c1-13-6-7-18(26-33(5,31)32)17(10-13)23(30)27-9-8-14(2)11-20(27)19-12-21-24-16(4)15(3)22(29)28(21)25-19;1-8-4-5-15-11(6-8)12-7-13-16-10(3)9(2)14(19)18(13)17-12;1-7-4-5-9(8(6-7)10(12)13)11(2)16(3,14)15;/h6-7,10,12,14,20,25-26H,8-9,11H2,1-5H3;7-8,11,15,17H,4-6H2,1-3H3;4-6H,1-3H3,(H,12,13);1H4. The van der Waals surface area contributed by atoms with Crippen LogP contribution in [-0.4, -0.2) is 101 Å². The van der Waals surface area contributed by atoms with Gasteiger partial charge in [-0.3, -0.25) is 33.6 Å². The van der Waals surface area contributed by atoms with E-state index in [4.69, 9.17) is 5.11 Å². The molecule has 5 N–H and O–H groups in total. The smallest absolute Gasteiger partial charge is 0.337 e. The summed E-state index contributed by atoms with van der Waals surface area (Å²) in [6.07, 6.45) is 5.95. The van der Waals surface area contributed by atoms with Crippen LogP contribution in [0.2, 0.25) is 0 Å². The summed E-state index contributed by atoms with van der Waals surface area (Å²) in [5.41, 5.74) is 7.93. The van der Waals surface area contributed by atoms with Gasteiger partial charge in [-0.2, -0.15) is 0 Å². The van der Waals surface area contributed by atoms with Crippen LogP contribution in [0.25, 0.3) is 11.3 Å². The van der Waals surface area contributed by atoms with Gasteiger partial charge in [0.2, 0.25) is 20.0 Å². The fraction of sp³-hybridized carbons (Fsp3) is 0.458. The summed E-state index contributed by atoms with van der Waals surface area (Å²) in [5, 5.41) is 18.8. The number of rotatable bonds is 8. The van der Waals surface area contributed by atoms with Crippen molar-refractivity contribution in [2.45, 2.75) is 101 Å². The van der Waals surface area contributed by atoms with Gasteiger partial charge < -0.3 is 15.3 Å². The molecule has 2 aromatic carbocycles. The number of fused-ring (bicyclic) bond motifs is 2. The Kier molecular flexibility index (Phi) is 16.4. The van der Waals surface area contributed by atoms with Crippen LogP contribution >= 0.6 is 0 Å². The molecule has 4 unspecified atom stereocenters. The Morgan fingerprint density at radius 2 is 1.28 bits per heavy atom. The van der Waals surface area contributed by atoms with Crippen LogP contribution in [0.1, 0.15) is 125 Å². The Hall–Kier alpha value is -6.32. The normalized spacial score (nSPS) is 18.3. The third-order valence-corrected chi connectivity index (χ3v) is 14.4. The van der Waals surface area contributed by atoms with Crippen LogP contribution in [-0.2, 0) is 20.0 Å². The molecule has 2 saturated heterocycles. The number of H-pyrrole nitrogens is 2. The van der Waals surface area contributed by atoms with Crippen molar-refractivity contribution in [3.63, 3.8) is 0 Å². The highest BCUT2D eigenvalue weighted by Crippen LogP contribution is 2.36. The lowest BCUT2D eigenvalue weighted by Gasteiger charge is -2.38. The van der Waals surface area contributed by atoms with Crippen molar-refractivity contribution in [3.8, 4) is 0 Å². The Balaban J connectivity index is 0.000000209. The quantitative estimate of drug-likeness (QED) is 0.112. The number of nitrogens with one attached hydrogen (secondary N) is 4. The molecular weight excluding hydrogens is 925 g/mol. The van der Waals surface area contributed by atoms with E-state index in [0.717, 1.165) is 64.4 Å². The highest BCUT2D eigenvalue weighted by atomic mass is 32.2. The van der Waals surface area contributed by atoms with Crippen molar-refractivity contribution in [1.82, 2.24) is 39.4 Å². The van der Waals surface area contributed by atoms with Crippen LogP contribution in [0.5, 0.6) is 0 Å². The number of amides is 1. The average Bonchev–Trinajstić information content (AvgIpc) is 3.90. The predicted octanol–water partition coefficient (Wildman–Crippen LogP) is 6.36. The SMILES string of the molecule is C.Cc1ccc(N(C)S(C)(=O)=O)c(C(=O)O)c1.Cc1ccc(NS(C)(=O)=O)c(C(=O)N2CCC(C)CC2c2cc3nc(C)c(C)c(=O)n3[nH]2)c1.Cc1nc2cc(C3CC(C)CCN3)[nH]n2c(=O)c1C. The summed E-state index contributed by atoms with van der Waals surface area (Å²) in [4.78, 5) is 60.4. The van der Waals surface area contributed by atoms with Gasteiger partial charge in [0.15, 0.2) is 11.3 Å². The number of aromatic nitrogens is 6. The minimum absolute atomic E-state index is 0. The van der Waals surface area contributed by atoms with Crippen molar-refractivity contribution in [2.24, 2.45) is 11.8 Å². The second-order valence-electron chi connectivity index (χ2n) is 18.3. The molecule has 0 saturated carbocycles. The molecule has 69 heavy (non-hydrogen) atoms. The topological polar surface area (TPSA) is 254 Å². The van der Waals surface area contributed by atoms with Gasteiger partial charge in [-0.25, -0.2) is 40.6 Å². The van der Waals surface area contributed by atoms with E-state index in [1.165, 1.54) is 30.1 Å². The maximum atomic E-state index is 13.7. The number of piperidine rings is 2. The minimum atomic E-state index is -3.55. The molecule has 2 aliphatic heterocycles. The second-order valence-corrected chi connectivity index (χ2v) is 22.1. The van der Waals surface area contributed by atoms with Crippen LogP contribution in [0.3, 0.4) is 0 Å². The maximum absolute atomic E-state index is 13.7. The lowest BCUT2D eigenvalue weighted by molar-refractivity contribution is 0.0552. The Morgan fingerprint density at radius 3 is 1.81 bits per heavy atom. The number of hydrogen-bond acceptors (Lipinski definition) is 11. The number of hydrogen-bond donors (Lipinski definition) is 5. The first-order valence-electron chi connectivity index (χ1n) is 22.3. The first-order chi connectivity index (χ1) is 31.7. The van der Waals surface area contributed by atoms with Gasteiger partial charge >= 0.3 is 5.97 Å². The molecular formula is C48H66N10O9S2. The summed E-state index contributed by atoms with van der Waals surface area (Å²) >= 11 is 0. The fourth-order valence-electron chi connectivity index (χ4n) is 8.40. The molecule has 8 rings (SSSR count). The van der Waals surface area contributed by atoms with Gasteiger partial charge in [0.25, 0.3) is 17.0 Å². The number of nitrogens with zero attached hydrogens (tertiary/aromatic N) is 6. The van der Waals surface area contributed by atoms with Crippen molar-refractivity contribution >= 4 is 54.6 Å². The Labute approximate surface area is 403 Å². The summed E-state index contributed by atoms with van der Waals surface area (Å²) in [6.45, 7) is 16.8. The molecule has 1 amide bonds. The molecule has 19 nitrogen and oxygen atoms in total. The highest BCUT2D eigenvalue weighted by Gasteiger charge is 2.34. The molecule has 6 aromatic rings. The predicted molar refractivity (Wildman–Crippen MR) is 270 cm³/mol. The lowest BCUT2D eigenvalue weighted by Crippen LogP contribution is -2.41. The fourth-order valence-corrected chi connectivity index (χ4v) is 9.50. The number of aryl methyl sites for hydroxylation is 4. The summed E-state index contributed by atoms with van der Waals surface area (Å²) in [5.74, 6) is -0.308. The average molecular weight is 991 g/mol. The number of anilines is 2. The zero-order valence-corrected chi connectivity index (χ0v) is 42.0. The van der Waals surface area contributed by atoms with Gasteiger partial charge in [-0.1, -0.05) is 44.5 Å². The molecule has 0 aliphatic carbocycles. The molecule has 374 valence electrons. The largest absolute Gasteiger partial charge is 0.478 e. The molecule has 4 aromatic heterocycles. The number of likely N-dealkylation sites (tertiary alicyclic amines) is 1. The molecule has 2 fully saturated rings. The zero-order valence-electron chi connectivity index (χ0n) is 40.4. The summed E-state index contributed by atoms with van der Waals surface area (Å²) in [6, 6.07) is 13.5. The van der Waals surface area contributed by atoms with Crippen molar-refractivity contribution in [1.29, 1.82) is 0 Å². The number of aromatic carboxylic acids is 1. The molecule has 6 heterocycles. The van der Waals surface area contributed by atoms with E-state index in [9.17, 15) is 36.0 Å². The van der Waals surface area contributed by atoms with E-state index in [2.05, 4.69) is 44.1 Å². The molecule has 21 heteroatoms. The van der Waals surface area contributed by atoms with E-state index in [-0.39, 0.29) is 47.4 Å². The Bertz CT molecular complexity index is 3250. The summed E-state index contributed by atoms with van der Waals surface area (Å²) in [7, 11) is -5.68. The lowest BCUT2D eigenvalue weighted by atomic mass is 9.90. The second kappa shape index (κ2) is 21.1. The van der Waals surface area contributed by atoms with Crippen molar-refractivity contribution < 1.29 is 31.5 Å². The van der Waals surface area contributed by atoms with Crippen molar-refractivity contribution in [2.75, 3.05) is 41.7 Å². The zero-order chi connectivity index (χ0) is 50.2. The van der Waals surface area contributed by atoms with E-state index in [1.54, 1.807) is 54.5 Å². The van der Waals surface area contributed by atoms with E-state index < -0.39 is 26.0 Å². The third-order valence-electron chi connectivity index (χ3n) is 12.7. The Morgan fingerprint density at radius 1 is 0.754 bits per heavy atom. The number of carbonyl (C=O) groups is 2. The number of carboxylic acids is 1. The maximum Gasteiger partial charge on any atom is 0.337 e. The number of benzene rings is 2. The van der Waals surface area contributed by atoms with E-state index in [0.29, 0.717) is 64.5 Å². The van der Waals surface area contributed by atoms with Gasteiger partial charge in [0, 0.05) is 54.3 Å². The molecule has 2 aliphatic rings. The van der Waals surface area contributed by atoms with Crippen LogP contribution in [0, 0.1) is 53.4 Å². The first-order valence-corrected chi connectivity index (χ1v) is 26.1. The number of sulfonamides is 2. The van der Waals surface area contributed by atoms with Crippen molar-refractivity contribution in [3.05, 3.63) is 125 Å². The number of carbonyl (C=O) groups excluding carboxylic acids is 1. The van der Waals surface area contributed by atoms with Gasteiger partial charge in [0.1, 0.15) is 0 Å². The monoisotopic (exact) mass is 990 g/mol.